The third kappa shape index (κ3) is 4.51. The Kier molecular flexibility index (Phi) is 4.83. The van der Waals surface area contributed by atoms with E-state index in [-0.39, 0.29) is 0 Å². The smallest absolute Gasteiger partial charge is 0.118 e. The van der Waals surface area contributed by atoms with Crippen LogP contribution in [0.3, 0.4) is 0 Å². The predicted molar refractivity (Wildman–Crippen MR) is 85.0 cm³/mol. The van der Waals surface area contributed by atoms with Gasteiger partial charge in [-0.25, -0.2) is 0 Å². The Hall–Kier alpha value is -1.46. The van der Waals surface area contributed by atoms with Gasteiger partial charge in [-0.05, 0) is 37.0 Å². The lowest BCUT2D eigenvalue weighted by Crippen LogP contribution is -2.19. The number of rotatable bonds is 8. The van der Waals surface area contributed by atoms with Crippen molar-refractivity contribution in [1.29, 1.82) is 0 Å². The fourth-order valence-corrected chi connectivity index (χ4v) is 3.05. The standard InChI is InChI=1S/C16H21N3OS/c1-20-14-7-2-12(3-8-14)4-9-15-18-19-16(21-15)10-11-17-13-5-6-13/h2-3,7-8,13,17H,4-6,9-11H2,1H3. The summed E-state index contributed by atoms with van der Waals surface area (Å²) in [5.41, 5.74) is 1.31. The normalized spacial score (nSPS) is 14.3. The molecule has 0 atom stereocenters. The lowest BCUT2D eigenvalue weighted by Gasteiger charge is -2.01. The van der Waals surface area contributed by atoms with Crippen molar-refractivity contribution in [3.05, 3.63) is 39.8 Å². The van der Waals surface area contributed by atoms with E-state index in [2.05, 4.69) is 27.6 Å². The molecule has 21 heavy (non-hydrogen) atoms. The van der Waals surface area contributed by atoms with Gasteiger partial charge in [0.2, 0.25) is 0 Å². The Bertz CT molecular complexity index is 563. The molecule has 0 aliphatic heterocycles. The summed E-state index contributed by atoms with van der Waals surface area (Å²) in [4.78, 5) is 0. The van der Waals surface area contributed by atoms with Gasteiger partial charge in [0.15, 0.2) is 0 Å². The SMILES string of the molecule is COc1ccc(CCc2nnc(CCNC3CC3)s2)cc1. The fraction of sp³-hybridized carbons (Fsp3) is 0.500. The predicted octanol–water partition coefficient (Wildman–Crippen LogP) is 2.63. The van der Waals surface area contributed by atoms with Gasteiger partial charge in [-0.15, -0.1) is 21.5 Å². The van der Waals surface area contributed by atoms with Crippen LogP contribution in [-0.2, 0) is 19.3 Å². The van der Waals surface area contributed by atoms with E-state index < -0.39 is 0 Å². The van der Waals surface area contributed by atoms with Crippen molar-refractivity contribution in [2.24, 2.45) is 0 Å². The molecule has 1 fully saturated rings. The zero-order valence-corrected chi connectivity index (χ0v) is 13.2. The summed E-state index contributed by atoms with van der Waals surface area (Å²) >= 11 is 1.74. The van der Waals surface area contributed by atoms with Gasteiger partial charge in [-0.3, -0.25) is 0 Å². The molecule has 3 rings (SSSR count). The molecule has 0 spiro atoms. The number of aryl methyl sites for hydroxylation is 2. The summed E-state index contributed by atoms with van der Waals surface area (Å²) < 4.78 is 5.17. The van der Waals surface area contributed by atoms with Crippen LogP contribution in [0.4, 0.5) is 0 Å². The van der Waals surface area contributed by atoms with Crippen molar-refractivity contribution in [2.75, 3.05) is 13.7 Å². The van der Waals surface area contributed by atoms with Crippen LogP contribution < -0.4 is 10.1 Å². The third-order valence-corrected chi connectivity index (χ3v) is 4.69. The van der Waals surface area contributed by atoms with Gasteiger partial charge in [0.05, 0.1) is 7.11 Å². The van der Waals surface area contributed by atoms with Crippen LogP contribution in [0.15, 0.2) is 24.3 Å². The van der Waals surface area contributed by atoms with Crippen molar-refractivity contribution in [2.45, 2.75) is 38.1 Å². The summed E-state index contributed by atoms with van der Waals surface area (Å²) in [5, 5.41) is 14.4. The van der Waals surface area contributed by atoms with Gasteiger partial charge < -0.3 is 10.1 Å². The Labute approximate surface area is 129 Å². The average Bonchev–Trinajstić information content (AvgIpc) is 3.23. The van der Waals surface area contributed by atoms with Crippen molar-refractivity contribution in [1.82, 2.24) is 15.5 Å². The Morgan fingerprint density at radius 1 is 1.10 bits per heavy atom. The second-order valence-corrected chi connectivity index (χ2v) is 6.56. The summed E-state index contributed by atoms with van der Waals surface area (Å²) in [5.74, 6) is 0.903. The molecule has 1 aromatic carbocycles. The number of hydrogen-bond donors (Lipinski definition) is 1. The quantitative estimate of drug-likeness (QED) is 0.814. The highest BCUT2D eigenvalue weighted by Gasteiger charge is 2.19. The lowest BCUT2D eigenvalue weighted by atomic mass is 10.1. The third-order valence-electron chi connectivity index (χ3n) is 3.64. The van der Waals surface area contributed by atoms with Crippen LogP contribution in [0, 0.1) is 0 Å². The topological polar surface area (TPSA) is 47.0 Å². The maximum absolute atomic E-state index is 5.17. The molecule has 0 radical (unpaired) electrons. The highest BCUT2D eigenvalue weighted by molar-refractivity contribution is 7.11. The first-order valence-electron chi connectivity index (χ1n) is 7.51. The molecule has 0 amide bonds. The maximum atomic E-state index is 5.17. The summed E-state index contributed by atoms with van der Waals surface area (Å²) in [6, 6.07) is 9.00. The Morgan fingerprint density at radius 3 is 2.48 bits per heavy atom. The van der Waals surface area contributed by atoms with Crippen molar-refractivity contribution < 1.29 is 4.74 Å². The zero-order valence-electron chi connectivity index (χ0n) is 12.3. The van der Waals surface area contributed by atoms with E-state index in [0.717, 1.165) is 47.6 Å². The fourth-order valence-electron chi connectivity index (χ4n) is 2.20. The van der Waals surface area contributed by atoms with Gasteiger partial charge in [0.1, 0.15) is 15.8 Å². The number of methoxy groups -OCH3 is 1. The van der Waals surface area contributed by atoms with E-state index in [0.29, 0.717) is 0 Å². The number of hydrogen-bond acceptors (Lipinski definition) is 5. The van der Waals surface area contributed by atoms with Crippen molar-refractivity contribution in [3.8, 4) is 5.75 Å². The van der Waals surface area contributed by atoms with Gasteiger partial charge in [-0.1, -0.05) is 12.1 Å². The van der Waals surface area contributed by atoms with Gasteiger partial charge >= 0.3 is 0 Å². The van der Waals surface area contributed by atoms with E-state index in [4.69, 9.17) is 4.74 Å². The number of ether oxygens (including phenoxy) is 1. The second kappa shape index (κ2) is 7.00. The highest BCUT2D eigenvalue weighted by atomic mass is 32.1. The Balaban J connectivity index is 1.44. The number of nitrogens with zero attached hydrogens (tertiary/aromatic N) is 2. The molecular weight excluding hydrogens is 282 g/mol. The van der Waals surface area contributed by atoms with E-state index in [1.165, 1.54) is 18.4 Å². The van der Waals surface area contributed by atoms with Crippen molar-refractivity contribution in [3.63, 3.8) is 0 Å². The van der Waals surface area contributed by atoms with Crippen LogP contribution in [-0.4, -0.2) is 29.9 Å². The monoisotopic (exact) mass is 303 g/mol. The largest absolute Gasteiger partial charge is 0.497 e. The molecule has 2 aromatic rings. The van der Waals surface area contributed by atoms with Crippen LogP contribution in [0.5, 0.6) is 5.75 Å². The van der Waals surface area contributed by atoms with Crippen LogP contribution in [0.25, 0.3) is 0 Å². The minimum Gasteiger partial charge on any atom is -0.497 e. The molecule has 1 heterocycles. The van der Waals surface area contributed by atoms with Crippen LogP contribution in [0.1, 0.15) is 28.4 Å². The molecule has 4 nitrogen and oxygen atoms in total. The van der Waals surface area contributed by atoms with E-state index in [1.54, 1.807) is 18.4 Å². The molecule has 0 bridgehead atoms. The number of aromatic nitrogens is 2. The molecule has 0 unspecified atom stereocenters. The molecule has 1 saturated carbocycles. The van der Waals surface area contributed by atoms with Crippen molar-refractivity contribution >= 4 is 11.3 Å². The molecule has 1 aliphatic rings. The minimum absolute atomic E-state index is 0.771. The first-order valence-corrected chi connectivity index (χ1v) is 8.33. The molecule has 112 valence electrons. The summed E-state index contributed by atoms with van der Waals surface area (Å²) in [7, 11) is 1.69. The Morgan fingerprint density at radius 2 is 1.81 bits per heavy atom. The van der Waals surface area contributed by atoms with E-state index in [1.807, 2.05) is 12.1 Å². The molecule has 0 saturated heterocycles. The molecule has 1 N–H and O–H groups in total. The van der Waals surface area contributed by atoms with E-state index in [9.17, 15) is 0 Å². The van der Waals surface area contributed by atoms with Gasteiger partial charge in [0, 0.05) is 25.4 Å². The van der Waals surface area contributed by atoms with E-state index >= 15 is 0 Å². The van der Waals surface area contributed by atoms with Gasteiger partial charge in [0.25, 0.3) is 0 Å². The lowest BCUT2D eigenvalue weighted by molar-refractivity contribution is 0.414. The molecule has 5 heteroatoms. The maximum Gasteiger partial charge on any atom is 0.118 e. The number of benzene rings is 1. The zero-order chi connectivity index (χ0) is 14.5. The molecule has 1 aliphatic carbocycles. The van der Waals surface area contributed by atoms with Gasteiger partial charge in [-0.2, -0.15) is 0 Å². The molecule has 1 aromatic heterocycles. The second-order valence-electron chi connectivity index (χ2n) is 5.42. The minimum atomic E-state index is 0.771. The van der Waals surface area contributed by atoms with Crippen LogP contribution in [0.2, 0.25) is 0 Å². The first-order chi connectivity index (χ1) is 10.3. The highest BCUT2D eigenvalue weighted by Crippen LogP contribution is 2.19. The summed E-state index contributed by atoms with van der Waals surface area (Å²) in [6.07, 6.45) is 5.63. The average molecular weight is 303 g/mol. The first kappa shape index (κ1) is 14.5. The van der Waals surface area contributed by atoms with Crippen LogP contribution >= 0.6 is 11.3 Å². The summed E-state index contributed by atoms with van der Waals surface area (Å²) in [6.45, 7) is 1.03. The number of nitrogens with one attached hydrogen (secondary N) is 1. The molecular formula is C16H21N3OS.